The molecule has 1 nitrogen and oxygen atoms in total. The first-order valence-electron chi connectivity index (χ1n) is 4.59. The van der Waals surface area contributed by atoms with Crippen molar-refractivity contribution in [3.8, 4) is 0 Å². The van der Waals surface area contributed by atoms with E-state index in [-0.39, 0.29) is 0 Å². The third kappa shape index (κ3) is 0.976. The molecule has 0 radical (unpaired) electrons. The molecular formula is C12H9NS. The maximum atomic E-state index is 4.57. The van der Waals surface area contributed by atoms with Crippen LogP contribution in [-0.4, -0.2) is 4.98 Å². The standard InChI is InChI=1S/C12H9NS/c1-8-9-4-2-3-5-10(9)12-11(13-8)6-7-14-12/h2-7H,1H3. The number of nitrogens with zero attached hydrogens (tertiary/aromatic N) is 1. The summed E-state index contributed by atoms with van der Waals surface area (Å²) in [7, 11) is 0. The van der Waals surface area contributed by atoms with Crippen molar-refractivity contribution in [2.45, 2.75) is 6.92 Å². The molecule has 3 rings (SSSR count). The van der Waals surface area contributed by atoms with Crippen LogP contribution in [0.15, 0.2) is 35.7 Å². The number of thiophene rings is 1. The Labute approximate surface area is 86.0 Å². The first-order valence-corrected chi connectivity index (χ1v) is 5.47. The van der Waals surface area contributed by atoms with Gasteiger partial charge in [-0.1, -0.05) is 24.3 Å². The molecule has 2 heterocycles. The normalized spacial score (nSPS) is 11.2. The Balaban J connectivity index is 2.67. The number of hydrogen-bond acceptors (Lipinski definition) is 2. The van der Waals surface area contributed by atoms with E-state index in [9.17, 15) is 0 Å². The Morgan fingerprint density at radius 1 is 1.07 bits per heavy atom. The van der Waals surface area contributed by atoms with Crippen LogP contribution >= 0.6 is 11.3 Å². The molecule has 0 amide bonds. The number of fused-ring (bicyclic) bond motifs is 3. The Bertz CT molecular complexity index is 610. The number of benzene rings is 1. The lowest BCUT2D eigenvalue weighted by Gasteiger charge is -2.01. The molecule has 0 saturated carbocycles. The van der Waals surface area contributed by atoms with E-state index < -0.39 is 0 Å². The molecule has 0 aliphatic rings. The van der Waals surface area contributed by atoms with Gasteiger partial charge < -0.3 is 0 Å². The van der Waals surface area contributed by atoms with Crippen molar-refractivity contribution >= 4 is 32.3 Å². The molecule has 14 heavy (non-hydrogen) atoms. The third-order valence-corrected chi connectivity index (χ3v) is 3.43. The van der Waals surface area contributed by atoms with Gasteiger partial charge in [0.15, 0.2) is 0 Å². The highest BCUT2D eigenvalue weighted by Gasteiger charge is 2.04. The minimum Gasteiger partial charge on any atom is -0.252 e. The molecule has 0 fully saturated rings. The van der Waals surface area contributed by atoms with Gasteiger partial charge in [0, 0.05) is 16.5 Å². The third-order valence-electron chi connectivity index (χ3n) is 2.49. The molecule has 2 heteroatoms. The number of rotatable bonds is 0. The first kappa shape index (κ1) is 7.94. The van der Waals surface area contributed by atoms with Gasteiger partial charge in [0.1, 0.15) is 0 Å². The van der Waals surface area contributed by atoms with Crippen LogP contribution in [0.25, 0.3) is 21.0 Å². The molecule has 1 aromatic carbocycles. The van der Waals surface area contributed by atoms with E-state index in [1.165, 1.54) is 15.5 Å². The average molecular weight is 199 g/mol. The monoisotopic (exact) mass is 199 g/mol. The number of pyridine rings is 1. The smallest absolute Gasteiger partial charge is 0.0819 e. The van der Waals surface area contributed by atoms with Gasteiger partial charge in [0.05, 0.1) is 10.2 Å². The number of aryl methyl sites for hydroxylation is 1. The van der Waals surface area contributed by atoms with Crippen LogP contribution in [0.4, 0.5) is 0 Å². The minimum absolute atomic E-state index is 1.12. The first-order chi connectivity index (χ1) is 6.86. The lowest BCUT2D eigenvalue weighted by atomic mass is 10.1. The van der Waals surface area contributed by atoms with Crippen LogP contribution in [0.3, 0.4) is 0 Å². The summed E-state index contributed by atoms with van der Waals surface area (Å²) in [6.07, 6.45) is 0. The number of hydrogen-bond donors (Lipinski definition) is 0. The van der Waals surface area contributed by atoms with E-state index >= 15 is 0 Å². The van der Waals surface area contributed by atoms with E-state index in [1.807, 2.05) is 0 Å². The molecular weight excluding hydrogens is 190 g/mol. The molecule has 0 aliphatic heterocycles. The largest absolute Gasteiger partial charge is 0.252 e. The van der Waals surface area contributed by atoms with Gasteiger partial charge in [-0.25, -0.2) is 0 Å². The van der Waals surface area contributed by atoms with E-state index in [4.69, 9.17) is 0 Å². The minimum atomic E-state index is 1.12. The van der Waals surface area contributed by atoms with Crippen LogP contribution in [0.1, 0.15) is 5.69 Å². The van der Waals surface area contributed by atoms with Crippen molar-refractivity contribution in [3.05, 3.63) is 41.4 Å². The van der Waals surface area contributed by atoms with Crippen molar-refractivity contribution in [1.82, 2.24) is 4.98 Å². The summed E-state index contributed by atoms with van der Waals surface area (Å²) in [5, 5.41) is 4.69. The Hall–Kier alpha value is -1.41. The SMILES string of the molecule is Cc1nc2ccsc2c2ccccc12. The number of aromatic nitrogens is 1. The summed E-state index contributed by atoms with van der Waals surface area (Å²) < 4.78 is 1.30. The van der Waals surface area contributed by atoms with Crippen LogP contribution in [0.5, 0.6) is 0 Å². The van der Waals surface area contributed by atoms with Crippen molar-refractivity contribution in [1.29, 1.82) is 0 Å². The Kier molecular flexibility index (Phi) is 1.58. The molecule has 0 aliphatic carbocycles. The summed E-state index contributed by atoms with van der Waals surface area (Å²) in [6.45, 7) is 2.07. The molecule has 3 aromatic rings. The van der Waals surface area contributed by atoms with E-state index in [2.05, 4.69) is 47.6 Å². The zero-order valence-corrected chi connectivity index (χ0v) is 8.64. The molecule has 68 valence electrons. The van der Waals surface area contributed by atoms with Crippen LogP contribution < -0.4 is 0 Å². The van der Waals surface area contributed by atoms with Gasteiger partial charge >= 0.3 is 0 Å². The Morgan fingerprint density at radius 3 is 2.71 bits per heavy atom. The molecule has 0 unspecified atom stereocenters. The van der Waals surface area contributed by atoms with Crippen LogP contribution in [0, 0.1) is 6.92 Å². The predicted molar refractivity (Wildman–Crippen MR) is 61.9 cm³/mol. The molecule has 0 N–H and O–H groups in total. The maximum Gasteiger partial charge on any atom is 0.0819 e. The van der Waals surface area contributed by atoms with Gasteiger partial charge in [-0.2, -0.15) is 0 Å². The van der Waals surface area contributed by atoms with Gasteiger partial charge in [-0.15, -0.1) is 11.3 Å². The second kappa shape index (κ2) is 2.79. The Morgan fingerprint density at radius 2 is 1.86 bits per heavy atom. The molecule has 2 aromatic heterocycles. The fraction of sp³-hybridized carbons (Fsp3) is 0.0833. The molecule has 0 spiro atoms. The lowest BCUT2D eigenvalue weighted by Crippen LogP contribution is -1.83. The van der Waals surface area contributed by atoms with Crippen molar-refractivity contribution in [2.24, 2.45) is 0 Å². The molecule has 0 bridgehead atoms. The van der Waals surface area contributed by atoms with Gasteiger partial charge in [0.2, 0.25) is 0 Å². The summed E-state index contributed by atoms with van der Waals surface area (Å²) in [5.41, 5.74) is 2.23. The van der Waals surface area contributed by atoms with E-state index in [0.29, 0.717) is 0 Å². The van der Waals surface area contributed by atoms with Crippen molar-refractivity contribution < 1.29 is 0 Å². The molecule has 0 atom stereocenters. The molecule has 0 saturated heterocycles. The fourth-order valence-corrected chi connectivity index (χ4v) is 2.70. The second-order valence-corrected chi connectivity index (χ2v) is 4.29. The summed E-state index contributed by atoms with van der Waals surface area (Å²) in [5.74, 6) is 0. The second-order valence-electron chi connectivity index (χ2n) is 3.38. The van der Waals surface area contributed by atoms with Crippen LogP contribution in [-0.2, 0) is 0 Å². The van der Waals surface area contributed by atoms with E-state index in [1.54, 1.807) is 11.3 Å². The highest BCUT2D eigenvalue weighted by molar-refractivity contribution is 7.18. The summed E-state index contributed by atoms with van der Waals surface area (Å²) >= 11 is 1.76. The topological polar surface area (TPSA) is 12.9 Å². The average Bonchev–Trinajstić information content (AvgIpc) is 2.66. The summed E-state index contributed by atoms with van der Waals surface area (Å²) in [6, 6.07) is 10.5. The zero-order valence-electron chi connectivity index (χ0n) is 7.82. The van der Waals surface area contributed by atoms with E-state index in [0.717, 1.165) is 11.2 Å². The lowest BCUT2D eigenvalue weighted by molar-refractivity contribution is 1.29. The van der Waals surface area contributed by atoms with Crippen molar-refractivity contribution in [2.75, 3.05) is 0 Å². The fourth-order valence-electron chi connectivity index (χ4n) is 1.83. The predicted octanol–water partition coefficient (Wildman–Crippen LogP) is 3.76. The maximum absolute atomic E-state index is 4.57. The quantitative estimate of drug-likeness (QED) is 0.537. The van der Waals surface area contributed by atoms with Gasteiger partial charge in [-0.3, -0.25) is 4.98 Å². The van der Waals surface area contributed by atoms with Crippen molar-refractivity contribution in [3.63, 3.8) is 0 Å². The summed E-state index contributed by atoms with van der Waals surface area (Å²) in [4.78, 5) is 4.57. The van der Waals surface area contributed by atoms with Crippen LogP contribution in [0.2, 0.25) is 0 Å². The zero-order chi connectivity index (χ0) is 9.54. The highest BCUT2D eigenvalue weighted by atomic mass is 32.1. The van der Waals surface area contributed by atoms with Gasteiger partial charge in [0.25, 0.3) is 0 Å². The van der Waals surface area contributed by atoms with Gasteiger partial charge in [-0.05, 0) is 18.4 Å². The highest BCUT2D eigenvalue weighted by Crippen LogP contribution is 2.29.